The number of rotatable bonds is 2. The van der Waals surface area contributed by atoms with Gasteiger partial charge in [0.1, 0.15) is 0 Å². The molecule has 2 rings (SSSR count). The average Bonchev–Trinajstić information content (AvgIpc) is 2.64. The molecule has 0 unspecified atom stereocenters. The van der Waals surface area contributed by atoms with E-state index in [1.807, 2.05) is 4.90 Å². The molecule has 1 amide bonds. The standard InChI is InChI=1S/C15H21NO/c1-15(2,3)11-12-7-8-13(10-12)16-9-5-4-6-14(16)17/h6,9,12-13H,7-8,10-11H2,1-3H3/t12-,13+/m1/s1. The fourth-order valence-corrected chi connectivity index (χ4v) is 2.99. The van der Waals surface area contributed by atoms with Crippen LogP contribution in [0.3, 0.4) is 0 Å². The Balaban J connectivity index is 1.95. The first-order valence-corrected chi connectivity index (χ1v) is 6.45. The zero-order valence-corrected chi connectivity index (χ0v) is 11.0. The lowest BCUT2D eigenvalue weighted by Crippen LogP contribution is -2.33. The Hall–Kier alpha value is -1.23. The van der Waals surface area contributed by atoms with E-state index >= 15 is 0 Å². The Kier molecular flexibility index (Phi) is 3.28. The first-order chi connectivity index (χ1) is 7.96. The molecule has 0 saturated heterocycles. The van der Waals surface area contributed by atoms with Crippen LogP contribution in [0.5, 0.6) is 0 Å². The minimum Gasteiger partial charge on any atom is -0.304 e. The molecule has 92 valence electrons. The number of amides is 1. The molecular formula is C15H21NO. The van der Waals surface area contributed by atoms with Gasteiger partial charge in [0.2, 0.25) is 0 Å². The van der Waals surface area contributed by atoms with E-state index in [9.17, 15) is 4.79 Å². The molecule has 0 bridgehead atoms. The third kappa shape index (κ3) is 3.12. The third-order valence-electron chi connectivity index (χ3n) is 3.55. The van der Waals surface area contributed by atoms with Gasteiger partial charge in [0.05, 0.1) is 12.3 Å². The monoisotopic (exact) mass is 231 g/mol. The minimum atomic E-state index is 0.0603. The van der Waals surface area contributed by atoms with Gasteiger partial charge in [-0.25, -0.2) is 0 Å². The van der Waals surface area contributed by atoms with E-state index in [2.05, 4.69) is 32.2 Å². The topological polar surface area (TPSA) is 20.3 Å². The molecule has 0 aromatic carbocycles. The second kappa shape index (κ2) is 4.56. The first-order valence-electron chi connectivity index (χ1n) is 6.45. The molecule has 0 spiro atoms. The second-order valence-electron chi connectivity index (χ2n) is 6.41. The van der Waals surface area contributed by atoms with E-state index in [0.29, 0.717) is 11.5 Å². The van der Waals surface area contributed by atoms with Crippen molar-refractivity contribution in [1.29, 1.82) is 0 Å². The van der Waals surface area contributed by atoms with E-state index in [1.165, 1.54) is 18.9 Å². The molecule has 1 fully saturated rings. The van der Waals surface area contributed by atoms with Crippen LogP contribution in [-0.4, -0.2) is 16.8 Å². The summed E-state index contributed by atoms with van der Waals surface area (Å²) >= 11 is 0. The van der Waals surface area contributed by atoms with Crippen LogP contribution < -0.4 is 0 Å². The Morgan fingerprint density at radius 2 is 2.12 bits per heavy atom. The van der Waals surface area contributed by atoms with Gasteiger partial charge in [-0.05, 0) is 37.0 Å². The fraction of sp³-hybridized carbons (Fsp3) is 0.667. The first kappa shape index (κ1) is 12.2. The quantitative estimate of drug-likeness (QED) is 0.668. The molecule has 0 aromatic heterocycles. The molecule has 1 aliphatic carbocycles. The molecule has 2 nitrogen and oxygen atoms in total. The smallest absolute Gasteiger partial charge is 0.259 e. The van der Waals surface area contributed by atoms with Crippen LogP contribution in [0.1, 0.15) is 46.5 Å². The number of hydrogen-bond donors (Lipinski definition) is 0. The van der Waals surface area contributed by atoms with Crippen molar-refractivity contribution in [2.24, 2.45) is 11.3 Å². The van der Waals surface area contributed by atoms with Crippen LogP contribution in [0.2, 0.25) is 0 Å². The molecule has 17 heavy (non-hydrogen) atoms. The highest BCUT2D eigenvalue weighted by Gasteiger charge is 2.32. The molecule has 2 heteroatoms. The largest absolute Gasteiger partial charge is 0.304 e. The molecule has 2 aliphatic rings. The van der Waals surface area contributed by atoms with Crippen LogP contribution in [-0.2, 0) is 4.79 Å². The average molecular weight is 231 g/mol. The zero-order chi connectivity index (χ0) is 12.5. The van der Waals surface area contributed by atoms with Gasteiger partial charge in [0, 0.05) is 6.04 Å². The van der Waals surface area contributed by atoms with Crippen molar-refractivity contribution in [2.75, 3.05) is 0 Å². The fourth-order valence-electron chi connectivity index (χ4n) is 2.99. The summed E-state index contributed by atoms with van der Waals surface area (Å²) in [5, 5.41) is 0. The van der Waals surface area contributed by atoms with E-state index in [0.717, 1.165) is 18.8 Å². The number of hydrogen-bond acceptors (Lipinski definition) is 1. The highest BCUT2D eigenvalue weighted by Crippen LogP contribution is 2.37. The summed E-state index contributed by atoms with van der Waals surface area (Å²) < 4.78 is 0. The molecule has 2 atom stereocenters. The SMILES string of the molecule is CC(C)(C)C[C@@H]1CC[C@H](N2C=C=C=CC2=O)C1. The third-order valence-corrected chi connectivity index (χ3v) is 3.55. The van der Waals surface area contributed by atoms with Gasteiger partial charge in [-0.15, -0.1) is 0 Å². The predicted octanol–water partition coefficient (Wildman–Crippen LogP) is 3.26. The maximum absolute atomic E-state index is 11.7. The number of carbonyl (C=O) groups is 1. The lowest BCUT2D eigenvalue weighted by molar-refractivity contribution is -0.125. The highest BCUT2D eigenvalue weighted by atomic mass is 16.2. The highest BCUT2D eigenvalue weighted by molar-refractivity contribution is 5.89. The van der Waals surface area contributed by atoms with E-state index in [4.69, 9.17) is 0 Å². The van der Waals surface area contributed by atoms with Gasteiger partial charge in [0.25, 0.3) is 5.91 Å². The molecule has 1 saturated carbocycles. The van der Waals surface area contributed by atoms with Crippen molar-refractivity contribution in [3.05, 3.63) is 23.7 Å². The molecule has 0 radical (unpaired) electrons. The van der Waals surface area contributed by atoms with Crippen LogP contribution in [0.25, 0.3) is 0 Å². The molecular weight excluding hydrogens is 210 g/mol. The maximum atomic E-state index is 11.7. The normalized spacial score (nSPS) is 28.2. The van der Waals surface area contributed by atoms with Gasteiger partial charge in [-0.1, -0.05) is 32.2 Å². The van der Waals surface area contributed by atoms with Crippen molar-refractivity contribution in [2.45, 2.75) is 52.5 Å². The van der Waals surface area contributed by atoms with Gasteiger partial charge < -0.3 is 4.90 Å². The van der Waals surface area contributed by atoms with Crippen molar-refractivity contribution in [3.8, 4) is 0 Å². The molecule has 0 N–H and O–H groups in total. The number of nitrogens with zero attached hydrogens (tertiary/aromatic N) is 1. The van der Waals surface area contributed by atoms with Crippen LogP contribution in [0.15, 0.2) is 23.7 Å². The summed E-state index contributed by atoms with van der Waals surface area (Å²) in [4.78, 5) is 13.5. The van der Waals surface area contributed by atoms with Crippen molar-refractivity contribution in [1.82, 2.24) is 4.90 Å². The van der Waals surface area contributed by atoms with E-state index in [1.54, 1.807) is 6.20 Å². The van der Waals surface area contributed by atoms with E-state index < -0.39 is 0 Å². The van der Waals surface area contributed by atoms with Gasteiger partial charge in [-0.2, -0.15) is 0 Å². The summed E-state index contributed by atoms with van der Waals surface area (Å²) in [5.74, 6) is 0.821. The molecule has 0 aromatic rings. The summed E-state index contributed by atoms with van der Waals surface area (Å²) in [6.07, 6.45) is 7.99. The summed E-state index contributed by atoms with van der Waals surface area (Å²) in [5.41, 5.74) is 5.99. The summed E-state index contributed by atoms with van der Waals surface area (Å²) in [7, 11) is 0. The van der Waals surface area contributed by atoms with Gasteiger partial charge >= 0.3 is 0 Å². The predicted molar refractivity (Wildman–Crippen MR) is 68.2 cm³/mol. The summed E-state index contributed by atoms with van der Waals surface area (Å²) in [6.45, 7) is 6.87. The second-order valence-corrected chi connectivity index (χ2v) is 6.41. The van der Waals surface area contributed by atoms with Crippen molar-refractivity contribution >= 4 is 5.91 Å². The molecule has 1 heterocycles. The van der Waals surface area contributed by atoms with Crippen LogP contribution in [0, 0.1) is 11.3 Å². The van der Waals surface area contributed by atoms with E-state index in [-0.39, 0.29) is 5.91 Å². The lowest BCUT2D eigenvalue weighted by Gasteiger charge is -2.26. The van der Waals surface area contributed by atoms with Gasteiger partial charge in [-0.3, -0.25) is 4.79 Å². The Labute approximate surface area is 104 Å². The Bertz CT molecular complexity index is 403. The Morgan fingerprint density at radius 1 is 1.35 bits per heavy atom. The summed E-state index contributed by atoms with van der Waals surface area (Å²) in [6, 6.07) is 0.376. The van der Waals surface area contributed by atoms with Gasteiger partial charge in [0.15, 0.2) is 0 Å². The maximum Gasteiger partial charge on any atom is 0.259 e. The number of carbonyl (C=O) groups excluding carboxylic acids is 1. The zero-order valence-electron chi connectivity index (χ0n) is 11.0. The minimum absolute atomic E-state index is 0.0603. The van der Waals surface area contributed by atoms with Crippen LogP contribution in [0.4, 0.5) is 0 Å². The Morgan fingerprint density at radius 3 is 2.76 bits per heavy atom. The molecule has 1 aliphatic heterocycles. The van der Waals surface area contributed by atoms with Crippen molar-refractivity contribution in [3.63, 3.8) is 0 Å². The van der Waals surface area contributed by atoms with Crippen molar-refractivity contribution < 1.29 is 4.79 Å². The van der Waals surface area contributed by atoms with Crippen LogP contribution >= 0.6 is 0 Å². The lowest BCUT2D eigenvalue weighted by atomic mass is 9.84.